The lowest BCUT2D eigenvalue weighted by atomic mass is 9.70. The number of aliphatic hydroxyl groups excluding tert-OH is 2. The van der Waals surface area contributed by atoms with Crippen LogP contribution in [0.3, 0.4) is 0 Å². The van der Waals surface area contributed by atoms with E-state index in [1.807, 2.05) is 45.0 Å². The first-order valence-corrected chi connectivity index (χ1v) is 18.5. The number of aromatic nitrogens is 3. The van der Waals surface area contributed by atoms with Crippen LogP contribution in [0.5, 0.6) is 0 Å². The number of hydrogen-bond donors (Lipinski definition) is 2. The van der Waals surface area contributed by atoms with Crippen LogP contribution in [-0.4, -0.2) is 36.7 Å². The fourth-order valence-electron chi connectivity index (χ4n) is 9.63. The third kappa shape index (κ3) is 5.65. The SMILES string of the molecule is CCc1ccc(-c2c(C)noc2C)cc1C1=C(O)[C@]2(CCc3ccc(-c4cc(C(F)(F)F)nn4C)cc3C3=C(O)[C@@H]4CC[C@@H](C4)C3=O)CC[C@@H](C2)C1=O. The maximum absolute atomic E-state index is 14.1. The number of halogens is 3. The highest BCUT2D eigenvalue weighted by molar-refractivity contribution is 6.24. The highest BCUT2D eigenvalue weighted by atomic mass is 19.4. The molecular formula is C42H42F3N3O5. The minimum Gasteiger partial charge on any atom is -0.511 e. The van der Waals surface area contributed by atoms with E-state index in [9.17, 15) is 33.0 Å². The van der Waals surface area contributed by atoms with E-state index in [0.717, 1.165) is 34.0 Å². The van der Waals surface area contributed by atoms with E-state index in [0.29, 0.717) is 85.8 Å². The molecule has 4 atom stereocenters. The van der Waals surface area contributed by atoms with Crippen molar-refractivity contribution in [2.24, 2.45) is 30.2 Å². The molecule has 2 saturated carbocycles. The van der Waals surface area contributed by atoms with Crippen LogP contribution in [0.2, 0.25) is 0 Å². The van der Waals surface area contributed by atoms with Crippen molar-refractivity contribution >= 4 is 22.7 Å². The van der Waals surface area contributed by atoms with E-state index in [2.05, 4.69) is 10.3 Å². The number of rotatable bonds is 8. The van der Waals surface area contributed by atoms with Crippen molar-refractivity contribution in [3.05, 3.63) is 93.4 Å². The molecule has 0 saturated heterocycles. The minimum atomic E-state index is -4.63. The van der Waals surface area contributed by atoms with Gasteiger partial charge in [0.1, 0.15) is 17.3 Å². The molecule has 11 heteroatoms. The number of carbonyl (C=O) groups excluding carboxylic acids is 2. The molecule has 4 bridgehead atoms. The molecule has 0 amide bonds. The standard InChI is InChI=1S/C42H42F3N3O5/c1-5-23-6-9-26(34-21(2)47-53-22(34)3)18-30(23)36-39(51)29-13-15-41(20-29,40(36)52)14-12-24-7-8-25(32-19-33(42(43,44)45)46-48(32)4)17-31(24)35-37(49)27-10-11-28(16-27)38(35)50/h6-9,17-19,27-29,49,52H,5,10-16,20H2,1-4H3/t27-,28+,29+,41-/m1/s1. The predicted octanol–water partition coefficient (Wildman–Crippen LogP) is 9.48. The molecule has 4 aliphatic rings. The second kappa shape index (κ2) is 12.6. The molecule has 276 valence electrons. The van der Waals surface area contributed by atoms with Gasteiger partial charge in [-0.05, 0) is 118 Å². The summed E-state index contributed by atoms with van der Waals surface area (Å²) in [7, 11) is 1.45. The maximum atomic E-state index is 14.1. The van der Waals surface area contributed by atoms with E-state index < -0.39 is 17.3 Å². The van der Waals surface area contributed by atoms with Gasteiger partial charge >= 0.3 is 6.18 Å². The molecule has 2 N–H and O–H groups in total. The molecule has 8 nitrogen and oxygen atoms in total. The number of allylic oxidation sites excluding steroid dienone is 4. The van der Waals surface area contributed by atoms with Crippen molar-refractivity contribution in [2.75, 3.05) is 0 Å². The Morgan fingerprint density at radius 1 is 0.906 bits per heavy atom. The molecule has 0 radical (unpaired) electrons. The summed E-state index contributed by atoms with van der Waals surface area (Å²) >= 11 is 0. The van der Waals surface area contributed by atoms with Gasteiger partial charge in [-0.15, -0.1) is 0 Å². The Morgan fingerprint density at radius 2 is 1.58 bits per heavy atom. The van der Waals surface area contributed by atoms with Crippen LogP contribution >= 0.6 is 0 Å². The first-order valence-electron chi connectivity index (χ1n) is 18.5. The number of aryl methyl sites for hydroxylation is 5. The molecule has 2 aromatic carbocycles. The van der Waals surface area contributed by atoms with Gasteiger partial charge in [0.15, 0.2) is 17.3 Å². The van der Waals surface area contributed by atoms with Crippen molar-refractivity contribution in [3.8, 4) is 22.4 Å². The normalized spacial score (nSPS) is 24.2. The lowest BCUT2D eigenvalue weighted by Crippen LogP contribution is -2.31. The smallest absolute Gasteiger partial charge is 0.435 e. The number of nitrogens with zero attached hydrogens (tertiary/aromatic N) is 3. The summed E-state index contributed by atoms with van der Waals surface area (Å²) in [5.74, 6) is -0.00145. The molecule has 0 spiro atoms. The zero-order valence-corrected chi connectivity index (χ0v) is 30.2. The van der Waals surface area contributed by atoms with Crippen molar-refractivity contribution in [1.29, 1.82) is 0 Å². The van der Waals surface area contributed by atoms with Crippen LogP contribution in [0, 0.1) is 37.0 Å². The number of ketones is 2. The fourth-order valence-corrected chi connectivity index (χ4v) is 9.63. The van der Waals surface area contributed by atoms with E-state index in [1.54, 1.807) is 12.1 Å². The van der Waals surface area contributed by atoms with Crippen LogP contribution in [0.1, 0.15) is 91.3 Å². The monoisotopic (exact) mass is 725 g/mol. The van der Waals surface area contributed by atoms with E-state index >= 15 is 0 Å². The number of alkyl halides is 3. The Balaban J connectivity index is 1.21. The summed E-state index contributed by atoms with van der Waals surface area (Å²) in [4.78, 5) is 27.9. The highest BCUT2D eigenvalue weighted by Crippen LogP contribution is 2.57. The van der Waals surface area contributed by atoms with Gasteiger partial charge in [-0.1, -0.05) is 36.3 Å². The lowest BCUT2D eigenvalue weighted by Gasteiger charge is -2.35. The maximum Gasteiger partial charge on any atom is 0.435 e. The number of benzene rings is 2. The van der Waals surface area contributed by atoms with Gasteiger partial charge < -0.3 is 14.7 Å². The largest absolute Gasteiger partial charge is 0.511 e. The second-order valence-corrected chi connectivity index (χ2v) is 15.5. The van der Waals surface area contributed by atoms with Gasteiger partial charge in [0.2, 0.25) is 0 Å². The summed E-state index contributed by atoms with van der Waals surface area (Å²) in [5.41, 5.74) is 4.92. The summed E-state index contributed by atoms with van der Waals surface area (Å²) in [5, 5.41) is 31.5. The molecule has 8 rings (SSSR count). The fraction of sp³-hybridized carbons (Fsp3) is 0.429. The molecule has 53 heavy (non-hydrogen) atoms. The zero-order chi connectivity index (χ0) is 37.6. The molecule has 0 unspecified atom stereocenters. The van der Waals surface area contributed by atoms with Crippen molar-refractivity contribution in [3.63, 3.8) is 0 Å². The van der Waals surface area contributed by atoms with Crippen molar-refractivity contribution in [2.45, 2.75) is 84.7 Å². The number of Topliss-reactive ketones (excluding diaryl/α,β-unsaturated/α-hetero) is 2. The highest BCUT2D eigenvalue weighted by Gasteiger charge is 2.52. The lowest BCUT2D eigenvalue weighted by molar-refractivity contribution is -0.141. The first kappa shape index (κ1) is 35.1. The van der Waals surface area contributed by atoms with Crippen LogP contribution in [0.15, 0.2) is 58.5 Å². The Kier molecular flexibility index (Phi) is 8.34. The van der Waals surface area contributed by atoms with Crippen LogP contribution in [0.4, 0.5) is 13.2 Å². The van der Waals surface area contributed by atoms with Crippen molar-refractivity contribution in [1.82, 2.24) is 14.9 Å². The van der Waals surface area contributed by atoms with Gasteiger partial charge in [-0.25, -0.2) is 0 Å². The first-order chi connectivity index (χ1) is 25.2. The van der Waals surface area contributed by atoms with Gasteiger partial charge in [0.25, 0.3) is 0 Å². The predicted molar refractivity (Wildman–Crippen MR) is 192 cm³/mol. The molecular weight excluding hydrogens is 683 g/mol. The van der Waals surface area contributed by atoms with Crippen LogP contribution in [-0.2, 0) is 35.7 Å². The minimum absolute atomic E-state index is 0.0424. The van der Waals surface area contributed by atoms with Crippen molar-refractivity contribution < 1.29 is 37.5 Å². The van der Waals surface area contributed by atoms with Gasteiger partial charge in [0, 0.05) is 41.3 Å². The van der Waals surface area contributed by atoms with E-state index in [1.165, 1.54) is 11.7 Å². The molecule has 2 heterocycles. The number of hydrogen-bond acceptors (Lipinski definition) is 7. The van der Waals surface area contributed by atoms with Gasteiger partial charge in [-0.3, -0.25) is 14.3 Å². The number of fused-ring (bicyclic) bond motifs is 4. The Hall–Kier alpha value is -4.93. The summed E-state index contributed by atoms with van der Waals surface area (Å²) < 4.78 is 47.5. The molecule has 2 aromatic heterocycles. The van der Waals surface area contributed by atoms with Gasteiger partial charge in [-0.2, -0.15) is 18.3 Å². The number of aliphatic hydroxyl groups is 2. The summed E-state index contributed by atoms with van der Waals surface area (Å²) in [6, 6.07) is 12.2. The summed E-state index contributed by atoms with van der Waals surface area (Å²) in [6.07, 6.45) is 0.652. The van der Waals surface area contributed by atoms with E-state index in [-0.39, 0.29) is 52.1 Å². The average Bonchev–Trinajstić information content (AvgIpc) is 3.92. The third-order valence-electron chi connectivity index (χ3n) is 12.5. The van der Waals surface area contributed by atoms with Gasteiger partial charge in [0.05, 0.1) is 22.5 Å². The Bertz CT molecular complexity index is 2240. The Morgan fingerprint density at radius 3 is 2.28 bits per heavy atom. The Labute approximate surface area is 305 Å². The van der Waals surface area contributed by atoms with Crippen LogP contribution < -0.4 is 0 Å². The molecule has 2 fully saturated rings. The number of carbonyl (C=O) groups is 2. The topological polar surface area (TPSA) is 118 Å². The third-order valence-corrected chi connectivity index (χ3v) is 12.5. The quantitative estimate of drug-likeness (QED) is 0.186. The second-order valence-electron chi connectivity index (χ2n) is 15.5. The average molecular weight is 726 g/mol. The zero-order valence-electron chi connectivity index (χ0n) is 30.2. The van der Waals surface area contributed by atoms with E-state index in [4.69, 9.17) is 4.52 Å². The summed E-state index contributed by atoms with van der Waals surface area (Å²) in [6.45, 7) is 5.74. The molecule has 4 aromatic rings. The molecule has 4 aliphatic carbocycles. The molecule has 0 aliphatic heterocycles. The van der Waals surface area contributed by atoms with Crippen LogP contribution in [0.25, 0.3) is 33.5 Å².